The summed E-state index contributed by atoms with van der Waals surface area (Å²) in [5, 5.41) is 2.76. The van der Waals surface area contributed by atoms with E-state index in [0.717, 1.165) is 6.42 Å². The number of hydrogen-bond acceptors (Lipinski definition) is 4. The van der Waals surface area contributed by atoms with Gasteiger partial charge in [0.05, 0.1) is 11.0 Å². The van der Waals surface area contributed by atoms with Crippen molar-refractivity contribution < 1.29 is 17.9 Å². The Hall–Kier alpha value is -3.32. The van der Waals surface area contributed by atoms with E-state index in [4.69, 9.17) is 4.74 Å². The van der Waals surface area contributed by atoms with Crippen molar-refractivity contribution in [2.45, 2.75) is 31.3 Å². The Morgan fingerprint density at radius 2 is 1.53 bits per heavy atom. The van der Waals surface area contributed by atoms with Crippen molar-refractivity contribution in [2.75, 3.05) is 10.0 Å². The molecule has 1 unspecified atom stereocenters. The Morgan fingerprint density at radius 3 is 2.13 bits per heavy atom. The van der Waals surface area contributed by atoms with Crippen molar-refractivity contribution >= 4 is 27.3 Å². The smallest absolute Gasteiger partial charge is 0.261 e. The van der Waals surface area contributed by atoms with Crippen molar-refractivity contribution in [1.82, 2.24) is 0 Å². The van der Waals surface area contributed by atoms with Gasteiger partial charge in [-0.25, -0.2) is 8.42 Å². The van der Waals surface area contributed by atoms with Gasteiger partial charge in [0.25, 0.3) is 15.9 Å². The molecule has 2 N–H and O–H groups in total. The second-order valence-electron chi connectivity index (χ2n) is 6.81. The summed E-state index contributed by atoms with van der Waals surface area (Å²) in [5.41, 5.74) is 1.46. The van der Waals surface area contributed by atoms with Gasteiger partial charge in [0.2, 0.25) is 0 Å². The fourth-order valence-electron chi connectivity index (χ4n) is 2.64. The molecule has 0 bridgehead atoms. The highest BCUT2D eigenvalue weighted by Crippen LogP contribution is 2.19. The highest BCUT2D eigenvalue weighted by atomic mass is 32.2. The molecule has 7 heteroatoms. The van der Waals surface area contributed by atoms with Crippen molar-refractivity contribution in [3.05, 3.63) is 84.4 Å². The van der Waals surface area contributed by atoms with Crippen LogP contribution in [-0.2, 0) is 10.0 Å². The summed E-state index contributed by atoms with van der Waals surface area (Å²) in [5.74, 6) is 0.421. The van der Waals surface area contributed by atoms with Crippen LogP contribution in [0.2, 0.25) is 0 Å². The van der Waals surface area contributed by atoms with E-state index < -0.39 is 10.0 Å². The molecule has 1 amide bonds. The first-order chi connectivity index (χ1) is 14.4. The van der Waals surface area contributed by atoms with Crippen molar-refractivity contribution in [2.24, 2.45) is 0 Å². The van der Waals surface area contributed by atoms with Crippen LogP contribution in [0.5, 0.6) is 5.75 Å². The minimum absolute atomic E-state index is 0.107. The van der Waals surface area contributed by atoms with Crippen LogP contribution in [0.15, 0.2) is 83.8 Å². The predicted molar refractivity (Wildman–Crippen MR) is 118 cm³/mol. The number of sulfonamides is 1. The second kappa shape index (κ2) is 9.45. The van der Waals surface area contributed by atoms with Crippen LogP contribution in [0.25, 0.3) is 0 Å². The summed E-state index contributed by atoms with van der Waals surface area (Å²) in [4.78, 5) is 12.6. The maximum absolute atomic E-state index is 12.5. The Labute approximate surface area is 177 Å². The zero-order chi connectivity index (χ0) is 21.6. The van der Waals surface area contributed by atoms with Crippen LogP contribution >= 0.6 is 0 Å². The lowest BCUT2D eigenvalue weighted by atomic mass is 10.2. The Morgan fingerprint density at radius 1 is 0.900 bits per heavy atom. The van der Waals surface area contributed by atoms with E-state index in [1.165, 1.54) is 12.1 Å². The lowest BCUT2D eigenvalue weighted by Crippen LogP contribution is -2.14. The molecule has 0 aliphatic heterocycles. The quantitative estimate of drug-likeness (QED) is 0.538. The monoisotopic (exact) mass is 424 g/mol. The van der Waals surface area contributed by atoms with Gasteiger partial charge in [0, 0.05) is 16.9 Å². The van der Waals surface area contributed by atoms with Gasteiger partial charge in [-0.2, -0.15) is 0 Å². The standard InChI is InChI=1S/C23H24N2O4S/c1-3-17(2)29-21-13-9-18(10-14-21)23(26)24-19-11-15-22(16-12-19)30(27,28)25-20-7-5-4-6-8-20/h4-17,25H,3H2,1-2H3,(H,24,26). The lowest BCUT2D eigenvalue weighted by molar-refractivity contribution is 0.102. The van der Waals surface area contributed by atoms with Gasteiger partial charge >= 0.3 is 0 Å². The minimum atomic E-state index is -3.70. The molecule has 0 fully saturated rings. The van der Waals surface area contributed by atoms with Gasteiger partial charge in [0.1, 0.15) is 5.75 Å². The van der Waals surface area contributed by atoms with Crippen molar-refractivity contribution in [1.29, 1.82) is 0 Å². The summed E-state index contributed by atoms with van der Waals surface area (Å²) in [6, 6.07) is 21.5. The van der Waals surface area contributed by atoms with Gasteiger partial charge in [0.15, 0.2) is 0 Å². The van der Waals surface area contributed by atoms with Crippen molar-refractivity contribution in [3.63, 3.8) is 0 Å². The SMILES string of the molecule is CCC(C)Oc1ccc(C(=O)Nc2ccc(S(=O)(=O)Nc3ccccc3)cc2)cc1. The zero-order valence-electron chi connectivity index (χ0n) is 16.8. The number of anilines is 2. The highest BCUT2D eigenvalue weighted by Gasteiger charge is 2.14. The molecule has 0 saturated heterocycles. The first-order valence-corrected chi connectivity index (χ1v) is 11.1. The van der Waals surface area contributed by atoms with E-state index in [2.05, 4.69) is 10.0 Å². The normalized spacial score (nSPS) is 12.1. The Balaban J connectivity index is 1.64. The summed E-state index contributed by atoms with van der Waals surface area (Å²) in [6.45, 7) is 4.03. The zero-order valence-corrected chi connectivity index (χ0v) is 17.6. The predicted octanol–water partition coefficient (Wildman–Crippen LogP) is 4.92. The topological polar surface area (TPSA) is 84.5 Å². The van der Waals surface area contributed by atoms with Crippen LogP contribution < -0.4 is 14.8 Å². The molecule has 0 radical (unpaired) electrons. The molecule has 3 aromatic rings. The Bertz CT molecular complexity index is 1080. The van der Waals surface area contributed by atoms with Gasteiger partial charge in [-0.05, 0) is 74.0 Å². The van der Waals surface area contributed by atoms with Gasteiger partial charge in [-0.1, -0.05) is 25.1 Å². The van der Waals surface area contributed by atoms with E-state index in [-0.39, 0.29) is 16.9 Å². The molecule has 0 aliphatic rings. The summed E-state index contributed by atoms with van der Waals surface area (Å²) >= 11 is 0. The molecule has 156 valence electrons. The molecule has 30 heavy (non-hydrogen) atoms. The molecule has 3 rings (SSSR count). The van der Waals surface area contributed by atoms with Crippen molar-refractivity contribution in [3.8, 4) is 5.75 Å². The molecule has 6 nitrogen and oxygen atoms in total. The average molecular weight is 425 g/mol. The molecule has 0 saturated carbocycles. The molecular weight excluding hydrogens is 400 g/mol. The molecule has 0 spiro atoms. The third-order valence-electron chi connectivity index (χ3n) is 4.48. The van der Waals surface area contributed by atoms with Crippen LogP contribution in [0.3, 0.4) is 0 Å². The molecule has 0 aromatic heterocycles. The van der Waals surface area contributed by atoms with E-state index in [1.807, 2.05) is 19.9 Å². The van der Waals surface area contributed by atoms with E-state index in [1.54, 1.807) is 60.7 Å². The first kappa shape index (κ1) is 21.4. The number of ether oxygens (including phenoxy) is 1. The largest absolute Gasteiger partial charge is 0.491 e. The van der Waals surface area contributed by atoms with Crippen LogP contribution in [0.4, 0.5) is 11.4 Å². The number of nitrogens with one attached hydrogen (secondary N) is 2. The molecular formula is C23H24N2O4S. The summed E-state index contributed by atoms with van der Waals surface area (Å²) < 4.78 is 33.2. The summed E-state index contributed by atoms with van der Waals surface area (Å²) in [7, 11) is -3.70. The third kappa shape index (κ3) is 5.61. The van der Waals surface area contributed by atoms with E-state index in [0.29, 0.717) is 22.7 Å². The number of amides is 1. The molecule has 3 aromatic carbocycles. The molecule has 1 atom stereocenters. The van der Waals surface area contributed by atoms with Gasteiger partial charge < -0.3 is 10.1 Å². The fourth-order valence-corrected chi connectivity index (χ4v) is 3.70. The van der Waals surface area contributed by atoms with Crippen LogP contribution in [0.1, 0.15) is 30.6 Å². The number of carbonyl (C=O) groups is 1. The van der Waals surface area contributed by atoms with E-state index in [9.17, 15) is 13.2 Å². The number of carbonyl (C=O) groups excluding carboxylic acids is 1. The fraction of sp³-hybridized carbons (Fsp3) is 0.174. The first-order valence-electron chi connectivity index (χ1n) is 9.63. The van der Waals surface area contributed by atoms with E-state index >= 15 is 0 Å². The van der Waals surface area contributed by atoms with Gasteiger partial charge in [-0.15, -0.1) is 0 Å². The Kier molecular flexibility index (Phi) is 6.74. The number of benzene rings is 3. The number of rotatable bonds is 8. The second-order valence-corrected chi connectivity index (χ2v) is 8.49. The lowest BCUT2D eigenvalue weighted by Gasteiger charge is -2.13. The summed E-state index contributed by atoms with van der Waals surface area (Å²) in [6.07, 6.45) is 1.00. The van der Waals surface area contributed by atoms with Crippen LogP contribution in [-0.4, -0.2) is 20.4 Å². The third-order valence-corrected chi connectivity index (χ3v) is 5.87. The minimum Gasteiger partial charge on any atom is -0.491 e. The maximum atomic E-state index is 12.5. The molecule has 0 aliphatic carbocycles. The van der Waals surface area contributed by atoms with Crippen LogP contribution in [0, 0.1) is 0 Å². The molecule has 0 heterocycles. The number of para-hydroxylation sites is 1. The average Bonchev–Trinajstić information content (AvgIpc) is 2.75. The van der Waals surface area contributed by atoms with Gasteiger partial charge in [-0.3, -0.25) is 9.52 Å². The maximum Gasteiger partial charge on any atom is 0.261 e. The number of hydrogen-bond donors (Lipinski definition) is 2. The highest BCUT2D eigenvalue weighted by molar-refractivity contribution is 7.92.